The smallest absolute Gasteiger partial charge is 0.408 e. The number of nitrogens with one attached hydrogen (secondary N) is 1. The number of ether oxygens (including phenoxy) is 3. The van der Waals surface area contributed by atoms with Crippen molar-refractivity contribution in [2.24, 2.45) is 0 Å². The standard InChI is InChI=1S/C25H33NO5/c1-6-29-22(27)25(5,26-23(28)31-24(2,3)4)17-16-19-12-14-21(15-13-19)30-18-20-10-8-7-9-11-20/h7-15H,6,16-18H2,1-5H3,(H,26,28)/t25-/m1/s1. The normalized spacial score (nSPS) is 13.1. The van der Waals surface area contributed by atoms with Gasteiger partial charge < -0.3 is 19.5 Å². The first-order valence-corrected chi connectivity index (χ1v) is 10.6. The van der Waals surface area contributed by atoms with Crippen molar-refractivity contribution in [2.45, 2.75) is 65.2 Å². The highest BCUT2D eigenvalue weighted by Gasteiger charge is 2.37. The van der Waals surface area contributed by atoms with Crippen molar-refractivity contribution in [3.63, 3.8) is 0 Å². The van der Waals surface area contributed by atoms with Crippen LogP contribution in [-0.2, 0) is 27.3 Å². The van der Waals surface area contributed by atoms with Gasteiger partial charge in [-0.05, 0) is 70.7 Å². The maximum atomic E-state index is 12.5. The average Bonchev–Trinajstić information content (AvgIpc) is 2.71. The first-order valence-electron chi connectivity index (χ1n) is 10.6. The van der Waals surface area contributed by atoms with Crippen LogP contribution in [0.1, 0.15) is 52.2 Å². The number of alkyl carbamates (subject to hydrolysis) is 1. The molecule has 0 aliphatic carbocycles. The van der Waals surface area contributed by atoms with Crippen LogP contribution >= 0.6 is 0 Å². The van der Waals surface area contributed by atoms with E-state index in [-0.39, 0.29) is 6.61 Å². The summed E-state index contributed by atoms with van der Waals surface area (Å²) in [4.78, 5) is 24.8. The fourth-order valence-corrected chi connectivity index (χ4v) is 2.92. The van der Waals surface area contributed by atoms with Crippen molar-refractivity contribution < 1.29 is 23.8 Å². The number of amides is 1. The van der Waals surface area contributed by atoms with E-state index < -0.39 is 23.2 Å². The molecule has 168 valence electrons. The molecule has 0 saturated heterocycles. The Hall–Kier alpha value is -3.02. The zero-order valence-electron chi connectivity index (χ0n) is 19.1. The van der Waals surface area contributed by atoms with Crippen molar-refractivity contribution >= 4 is 12.1 Å². The van der Waals surface area contributed by atoms with Crippen LogP contribution in [0.25, 0.3) is 0 Å². The second-order valence-electron chi connectivity index (χ2n) is 8.60. The predicted molar refractivity (Wildman–Crippen MR) is 120 cm³/mol. The van der Waals surface area contributed by atoms with Crippen LogP contribution < -0.4 is 10.1 Å². The lowest BCUT2D eigenvalue weighted by molar-refractivity contribution is -0.150. The van der Waals surface area contributed by atoms with Gasteiger partial charge in [-0.25, -0.2) is 9.59 Å². The summed E-state index contributed by atoms with van der Waals surface area (Å²) in [5, 5.41) is 2.69. The minimum Gasteiger partial charge on any atom is -0.489 e. The lowest BCUT2D eigenvalue weighted by Gasteiger charge is -2.30. The molecule has 0 heterocycles. The van der Waals surface area contributed by atoms with Gasteiger partial charge in [0.15, 0.2) is 0 Å². The van der Waals surface area contributed by atoms with Crippen molar-refractivity contribution in [1.82, 2.24) is 5.32 Å². The van der Waals surface area contributed by atoms with Crippen LogP contribution in [0.3, 0.4) is 0 Å². The van der Waals surface area contributed by atoms with Gasteiger partial charge in [0, 0.05) is 0 Å². The fraction of sp³-hybridized carbons (Fsp3) is 0.440. The quantitative estimate of drug-likeness (QED) is 0.567. The second kappa shape index (κ2) is 10.8. The number of hydrogen-bond acceptors (Lipinski definition) is 5. The SMILES string of the molecule is CCOC(=O)[C@@](C)(CCc1ccc(OCc2ccccc2)cc1)NC(=O)OC(C)(C)C. The monoisotopic (exact) mass is 427 g/mol. The summed E-state index contributed by atoms with van der Waals surface area (Å²) in [5.41, 5.74) is 0.273. The van der Waals surface area contributed by atoms with E-state index in [0.29, 0.717) is 19.4 Å². The molecule has 1 atom stereocenters. The van der Waals surface area contributed by atoms with Crippen LogP contribution in [0.15, 0.2) is 54.6 Å². The number of aryl methyl sites for hydroxylation is 1. The van der Waals surface area contributed by atoms with E-state index >= 15 is 0 Å². The van der Waals surface area contributed by atoms with E-state index in [1.807, 2.05) is 54.6 Å². The number of esters is 1. The topological polar surface area (TPSA) is 73.9 Å². The Morgan fingerprint density at radius 1 is 0.903 bits per heavy atom. The van der Waals surface area contributed by atoms with E-state index in [0.717, 1.165) is 16.9 Å². The number of carbonyl (C=O) groups excluding carboxylic acids is 2. The summed E-state index contributed by atoms with van der Waals surface area (Å²) in [6, 6.07) is 17.7. The molecule has 6 nitrogen and oxygen atoms in total. The molecule has 0 radical (unpaired) electrons. The Bertz CT molecular complexity index is 842. The van der Waals surface area contributed by atoms with Crippen LogP contribution in [0.5, 0.6) is 5.75 Å². The second-order valence-corrected chi connectivity index (χ2v) is 8.60. The third-order valence-corrected chi connectivity index (χ3v) is 4.59. The summed E-state index contributed by atoms with van der Waals surface area (Å²) in [5.74, 6) is 0.288. The molecule has 0 aromatic heterocycles. The van der Waals surface area contributed by atoms with Gasteiger partial charge in [-0.2, -0.15) is 0 Å². The molecule has 0 fully saturated rings. The van der Waals surface area contributed by atoms with Gasteiger partial charge in [0.05, 0.1) is 6.61 Å². The Kier molecular flexibility index (Phi) is 8.48. The van der Waals surface area contributed by atoms with E-state index in [1.165, 1.54) is 0 Å². The Labute approximate surface area is 184 Å². The number of carbonyl (C=O) groups is 2. The molecule has 0 aliphatic heterocycles. The third-order valence-electron chi connectivity index (χ3n) is 4.59. The van der Waals surface area contributed by atoms with Gasteiger partial charge in [-0.3, -0.25) is 0 Å². The third kappa shape index (κ3) is 8.32. The lowest BCUT2D eigenvalue weighted by atomic mass is 9.93. The highest BCUT2D eigenvalue weighted by molar-refractivity contribution is 5.85. The summed E-state index contributed by atoms with van der Waals surface area (Å²) in [6.07, 6.45) is 0.298. The molecule has 2 aromatic carbocycles. The Balaban J connectivity index is 1.98. The Morgan fingerprint density at radius 3 is 2.13 bits per heavy atom. The molecule has 0 bridgehead atoms. The van der Waals surface area contributed by atoms with Gasteiger partial charge in [0.25, 0.3) is 0 Å². The zero-order chi connectivity index (χ0) is 22.9. The van der Waals surface area contributed by atoms with Crippen LogP contribution in [0, 0.1) is 0 Å². The van der Waals surface area contributed by atoms with Gasteiger partial charge in [-0.15, -0.1) is 0 Å². The minimum absolute atomic E-state index is 0.234. The number of rotatable bonds is 9. The fourth-order valence-electron chi connectivity index (χ4n) is 2.92. The first kappa shape index (κ1) is 24.3. The van der Waals surface area contributed by atoms with E-state index in [1.54, 1.807) is 34.6 Å². The molecular weight excluding hydrogens is 394 g/mol. The zero-order valence-corrected chi connectivity index (χ0v) is 19.1. The molecule has 31 heavy (non-hydrogen) atoms. The maximum absolute atomic E-state index is 12.5. The van der Waals surface area contributed by atoms with Gasteiger partial charge in [-0.1, -0.05) is 42.5 Å². The van der Waals surface area contributed by atoms with Crippen molar-refractivity contribution in [3.8, 4) is 5.75 Å². The van der Waals surface area contributed by atoms with Crippen molar-refractivity contribution in [3.05, 3.63) is 65.7 Å². The largest absolute Gasteiger partial charge is 0.489 e. The first-order chi connectivity index (χ1) is 14.6. The molecule has 0 spiro atoms. The molecule has 1 amide bonds. The van der Waals surface area contributed by atoms with Crippen LogP contribution in [0.4, 0.5) is 4.79 Å². The predicted octanol–water partition coefficient (Wildman–Crippen LogP) is 5.04. The van der Waals surface area contributed by atoms with Crippen molar-refractivity contribution in [1.29, 1.82) is 0 Å². The molecule has 6 heteroatoms. The van der Waals surface area contributed by atoms with Crippen molar-refractivity contribution in [2.75, 3.05) is 6.61 Å². The highest BCUT2D eigenvalue weighted by atomic mass is 16.6. The molecule has 0 aliphatic rings. The molecule has 1 N–H and O–H groups in total. The average molecular weight is 428 g/mol. The summed E-state index contributed by atoms with van der Waals surface area (Å²) in [6.45, 7) is 9.45. The highest BCUT2D eigenvalue weighted by Crippen LogP contribution is 2.20. The Morgan fingerprint density at radius 2 is 1.55 bits per heavy atom. The van der Waals surface area contributed by atoms with E-state index in [2.05, 4.69) is 5.32 Å². The van der Waals surface area contributed by atoms with E-state index in [9.17, 15) is 9.59 Å². The number of benzene rings is 2. The molecular formula is C25H33NO5. The summed E-state index contributed by atoms with van der Waals surface area (Å²) in [7, 11) is 0. The molecule has 0 unspecified atom stereocenters. The van der Waals surface area contributed by atoms with Gasteiger partial charge in [0.1, 0.15) is 23.5 Å². The molecule has 0 saturated carbocycles. The van der Waals surface area contributed by atoms with Crippen LogP contribution in [0.2, 0.25) is 0 Å². The molecule has 2 aromatic rings. The van der Waals surface area contributed by atoms with E-state index in [4.69, 9.17) is 14.2 Å². The van der Waals surface area contributed by atoms with Gasteiger partial charge in [0.2, 0.25) is 0 Å². The summed E-state index contributed by atoms with van der Waals surface area (Å²) < 4.78 is 16.3. The number of hydrogen-bond donors (Lipinski definition) is 1. The van der Waals surface area contributed by atoms with Crippen LogP contribution in [-0.4, -0.2) is 29.8 Å². The maximum Gasteiger partial charge on any atom is 0.408 e. The minimum atomic E-state index is -1.19. The summed E-state index contributed by atoms with van der Waals surface area (Å²) >= 11 is 0. The lowest BCUT2D eigenvalue weighted by Crippen LogP contribution is -2.54. The van der Waals surface area contributed by atoms with Gasteiger partial charge >= 0.3 is 12.1 Å². The molecule has 2 rings (SSSR count).